The predicted octanol–water partition coefficient (Wildman–Crippen LogP) is 16.7. The lowest BCUT2D eigenvalue weighted by atomic mass is 9.68. The first-order chi connectivity index (χ1) is 31.5. The predicted molar refractivity (Wildman–Crippen MR) is 273 cm³/mol. The maximum Gasteiger partial charge on any atom is 0.0731 e. The molecule has 1 unspecified atom stereocenters. The van der Waals surface area contributed by atoms with Crippen LogP contribution >= 0.6 is 0 Å². The fourth-order valence-electron chi connectivity index (χ4n) is 13.1. The SMILES string of the molecule is Cc1ccc2c(c1)C1(c3cc(C)ccc3-2)c2ccccc2-c2cccc(-c3ccc(N(c4ccc5c(c4)C(C)(C)C4=C5C=CC(C)C4)c4ccc5c(c4)C(C)(C)c4ccccc4-5)cc3)c21. The first-order valence-electron chi connectivity index (χ1n) is 23.6. The van der Waals surface area contributed by atoms with Crippen LogP contribution in [-0.2, 0) is 16.2 Å². The molecule has 0 radical (unpaired) electrons. The molecule has 1 heteroatoms. The van der Waals surface area contributed by atoms with Gasteiger partial charge >= 0.3 is 0 Å². The number of nitrogens with zero attached hydrogens (tertiary/aromatic N) is 1. The van der Waals surface area contributed by atoms with Gasteiger partial charge in [-0.15, -0.1) is 0 Å². The van der Waals surface area contributed by atoms with E-state index in [4.69, 9.17) is 0 Å². The van der Waals surface area contributed by atoms with Gasteiger partial charge in [0.05, 0.1) is 5.41 Å². The molecule has 13 rings (SSSR count). The van der Waals surface area contributed by atoms with Crippen molar-refractivity contribution in [2.75, 3.05) is 4.90 Å². The van der Waals surface area contributed by atoms with E-state index in [9.17, 15) is 0 Å². The van der Waals surface area contributed by atoms with Crippen LogP contribution in [0.5, 0.6) is 0 Å². The molecule has 0 amide bonds. The zero-order chi connectivity index (χ0) is 44.1. The molecule has 5 aliphatic rings. The third-order valence-electron chi connectivity index (χ3n) is 16.2. The summed E-state index contributed by atoms with van der Waals surface area (Å²) in [6.45, 7) is 16.5. The number of hydrogen-bond donors (Lipinski definition) is 0. The summed E-state index contributed by atoms with van der Waals surface area (Å²) >= 11 is 0. The van der Waals surface area contributed by atoms with Crippen LogP contribution in [0.4, 0.5) is 17.1 Å². The molecule has 1 spiro atoms. The zero-order valence-corrected chi connectivity index (χ0v) is 38.5. The van der Waals surface area contributed by atoms with Crippen molar-refractivity contribution < 1.29 is 0 Å². The highest BCUT2D eigenvalue weighted by Crippen LogP contribution is 2.65. The fourth-order valence-corrected chi connectivity index (χ4v) is 13.1. The van der Waals surface area contributed by atoms with Gasteiger partial charge in [-0.3, -0.25) is 0 Å². The van der Waals surface area contributed by atoms with Gasteiger partial charge in [0.15, 0.2) is 0 Å². The second-order valence-corrected chi connectivity index (χ2v) is 20.7. The summed E-state index contributed by atoms with van der Waals surface area (Å²) in [6, 6.07) is 63.3. The molecule has 5 aliphatic carbocycles. The van der Waals surface area contributed by atoms with Gasteiger partial charge in [-0.1, -0.05) is 191 Å². The van der Waals surface area contributed by atoms with Crippen molar-refractivity contribution in [3.63, 3.8) is 0 Å². The highest BCUT2D eigenvalue weighted by Gasteiger charge is 2.53. The number of hydrogen-bond acceptors (Lipinski definition) is 1. The number of anilines is 3. The molecule has 1 nitrogen and oxygen atoms in total. The quantitative estimate of drug-likeness (QED) is 0.171. The molecule has 0 N–H and O–H groups in total. The smallest absolute Gasteiger partial charge is 0.0731 e. The average Bonchev–Trinajstić information content (AvgIpc) is 3.93. The average molecular weight is 836 g/mol. The number of fused-ring (bicyclic) bond motifs is 15. The lowest BCUT2D eigenvalue weighted by Gasteiger charge is -2.33. The van der Waals surface area contributed by atoms with E-state index in [1.165, 1.54) is 117 Å². The second kappa shape index (κ2) is 13.3. The monoisotopic (exact) mass is 835 g/mol. The third-order valence-corrected chi connectivity index (χ3v) is 16.2. The molecule has 65 heavy (non-hydrogen) atoms. The van der Waals surface area contributed by atoms with Gasteiger partial charge in [-0.05, 0) is 157 Å². The third kappa shape index (κ3) is 5.10. The maximum absolute atomic E-state index is 2.51. The van der Waals surface area contributed by atoms with E-state index < -0.39 is 5.41 Å². The van der Waals surface area contributed by atoms with Crippen molar-refractivity contribution in [2.45, 2.75) is 71.1 Å². The summed E-state index contributed by atoms with van der Waals surface area (Å²) in [5.74, 6) is 0.553. The summed E-state index contributed by atoms with van der Waals surface area (Å²) in [5.41, 5.74) is 30.2. The Morgan fingerprint density at radius 1 is 0.431 bits per heavy atom. The van der Waals surface area contributed by atoms with Crippen LogP contribution in [-0.4, -0.2) is 0 Å². The van der Waals surface area contributed by atoms with Gasteiger partial charge in [-0.25, -0.2) is 0 Å². The molecule has 0 bridgehead atoms. The Hall–Kier alpha value is -6.96. The van der Waals surface area contributed by atoms with Crippen molar-refractivity contribution in [1.82, 2.24) is 0 Å². The topological polar surface area (TPSA) is 3.24 Å². The number of rotatable bonds is 4. The molecule has 0 heterocycles. The zero-order valence-electron chi connectivity index (χ0n) is 38.5. The van der Waals surface area contributed by atoms with E-state index in [0.717, 1.165) is 12.1 Å². The van der Waals surface area contributed by atoms with Gasteiger partial charge in [-0.2, -0.15) is 0 Å². The molecule has 0 fully saturated rings. The van der Waals surface area contributed by atoms with Gasteiger partial charge < -0.3 is 4.90 Å². The van der Waals surface area contributed by atoms with Crippen molar-refractivity contribution >= 4 is 22.6 Å². The molecule has 314 valence electrons. The molecular formula is C64H53N. The van der Waals surface area contributed by atoms with E-state index in [1.54, 1.807) is 5.57 Å². The Balaban J connectivity index is 0.994. The maximum atomic E-state index is 2.51. The summed E-state index contributed by atoms with van der Waals surface area (Å²) in [6.07, 6.45) is 5.90. The molecule has 0 saturated heterocycles. The standard InChI is InChI=1S/C64H53N/c1-38-19-28-48-50-32-27-44(37-58(50)63(6,7)56(48)33-38)65(43-26-31-49-46-13-8-10-17-54(46)62(4,5)57(49)36-43)42-24-22-41(23-25-42)45-15-12-16-53-47-14-9-11-18-55(47)64(61(45)53)59-34-39(2)20-29-51(59)52-30-21-40(3)35-60(52)64/h8-32,34-38H,33H2,1-7H3. The summed E-state index contributed by atoms with van der Waals surface area (Å²) in [4.78, 5) is 2.51. The first kappa shape index (κ1) is 38.5. The van der Waals surface area contributed by atoms with Crippen LogP contribution in [0.3, 0.4) is 0 Å². The Labute approximate surface area is 384 Å². The molecule has 0 saturated carbocycles. The van der Waals surface area contributed by atoms with E-state index in [0.29, 0.717) is 5.92 Å². The van der Waals surface area contributed by atoms with E-state index in [1.807, 2.05) is 0 Å². The van der Waals surface area contributed by atoms with Crippen molar-refractivity contribution in [3.8, 4) is 44.5 Å². The number of benzene rings is 8. The Morgan fingerprint density at radius 2 is 0.938 bits per heavy atom. The van der Waals surface area contributed by atoms with Crippen molar-refractivity contribution in [3.05, 3.63) is 237 Å². The van der Waals surface area contributed by atoms with Crippen LogP contribution in [0, 0.1) is 19.8 Å². The highest BCUT2D eigenvalue weighted by atomic mass is 15.1. The van der Waals surface area contributed by atoms with Crippen molar-refractivity contribution in [1.29, 1.82) is 0 Å². The largest absolute Gasteiger partial charge is 0.310 e. The van der Waals surface area contributed by atoms with Crippen LogP contribution in [0.25, 0.3) is 50.1 Å². The fraction of sp³-hybridized carbons (Fsp3) is 0.188. The van der Waals surface area contributed by atoms with Gasteiger partial charge in [0, 0.05) is 27.9 Å². The molecule has 0 aromatic heterocycles. The Bertz CT molecular complexity index is 3390. The van der Waals surface area contributed by atoms with E-state index >= 15 is 0 Å². The van der Waals surface area contributed by atoms with Crippen LogP contribution < -0.4 is 4.90 Å². The minimum absolute atomic E-state index is 0.0490. The van der Waals surface area contributed by atoms with E-state index in [-0.39, 0.29) is 10.8 Å². The second-order valence-electron chi connectivity index (χ2n) is 20.7. The van der Waals surface area contributed by atoms with Gasteiger partial charge in [0.25, 0.3) is 0 Å². The van der Waals surface area contributed by atoms with E-state index in [2.05, 4.69) is 229 Å². The molecule has 1 atom stereocenters. The van der Waals surface area contributed by atoms with Crippen molar-refractivity contribution in [2.24, 2.45) is 5.92 Å². The molecule has 8 aromatic rings. The van der Waals surface area contributed by atoms with Crippen LogP contribution in [0.1, 0.15) is 96.7 Å². The Morgan fingerprint density at radius 3 is 1.62 bits per heavy atom. The normalized spacial score (nSPS) is 17.8. The lowest BCUT2D eigenvalue weighted by molar-refractivity contribution is 0.566. The lowest BCUT2D eigenvalue weighted by Crippen LogP contribution is -2.27. The Kier molecular flexibility index (Phi) is 7.88. The molecule has 8 aromatic carbocycles. The first-order valence-corrected chi connectivity index (χ1v) is 23.6. The minimum atomic E-state index is -0.428. The minimum Gasteiger partial charge on any atom is -0.310 e. The van der Waals surface area contributed by atoms with Gasteiger partial charge in [0.1, 0.15) is 0 Å². The summed E-state index contributed by atoms with van der Waals surface area (Å²) in [5, 5.41) is 0. The highest BCUT2D eigenvalue weighted by molar-refractivity contribution is 5.99. The number of allylic oxidation sites excluding steroid dienone is 4. The van der Waals surface area contributed by atoms with Crippen LogP contribution in [0.15, 0.2) is 182 Å². The number of aryl methyl sites for hydroxylation is 2. The van der Waals surface area contributed by atoms with Gasteiger partial charge in [0.2, 0.25) is 0 Å². The van der Waals surface area contributed by atoms with Crippen LogP contribution in [0.2, 0.25) is 0 Å². The summed E-state index contributed by atoms with van der Waals surface area (Å²) < 4.78 is 0. The molecule has 0 aliphatic heterocycles. The molecular weight excluding hydrogens is 783 g/mol. The summed E-state index contributed by atoms with van der Waals surface area (Å²) in [7, 11) is 0.